The van der Waals surface area contributed by atoms with E-state index in [1.54, 1.807) is 25.1 Å². The fraction of sp³-hybridized carbons (Fsp3) is 0.286. The predicted molar refractivity (Wildman–Crippen MR) is 77.7 cm³/mol. The Morgan fingerprint density at radius 3 is 2.80 bits per heavy atom. The van der Waals surface area contributed by atoms with E-state index >= 15 is 0 Å². The molecule has 0 aliphatic heterocycles. The molecule has 0 aliphatic rings. The topological polar surface area (TPSA) is 78.6 Å². The molecule has 6 heteroatoms. The van der Waals surface area contributed by atoms with E-state index in [1.807, 2.05) is 6.07 Å². The molecule has 106 valence electrons. The van der Waals surface area contributed by atoms with Crippen molar-refractivity contribution in [1.82, 2.24) is 0 Å². The zero-order valence-corrected chi connectivity index (χ0v) is 12.0. The van der Waals surface area contributed by atoms with Crippen LogP contribution in [0.1, 0.15) is 23.5 Å². The number of nitrogen functional groups attached to an aromatic ring is 1. The number of benzene rings is 1. The number of fused-ring (bicyclic) bond motifs is 1. The summed E-state index contributed by atoms with van der Waals surface area (Å²) in [5.74, 6) is -1.09. The molecular formula is C14H15NO4S. The molecule has 0 saturated heterocycles. The van der Waals surface area contributed by atoms with Crippen LogP contribution < -0.4 is 5.73 Å². The fourth-order valence-corrected chi connectivity index (χ4v) is 2.61. The highest BCUT2D eigenvalue weighted by Gasteiger charge is 2.21. The van der Waals surface area contributed by atoms with Gasteiger partial charge in [-0.3, -0.25) is 0 Å². The molecule has 0 bridgehead atoms. The number of thiophene rings is 1. The van der Waals surface area contributed by atoms with Crippen LogP contribution in [-0.2, 0) is 14.3 Å². The van der Waals surface area contributed by atoms with E-state index in [0.717, 1.165) is 10.1 Å². The van der Waals surface area contributed by atoms with Gasteiger partial charge in [-0.2, -0.15) is 0 Å². The Balaban J connectivity index is 2.13. The number of hydrogen-bond acceptors (Lipinski definition) is 6. The van der Waals surface area contributed by atoms with E-state index in [1.165, 1.54) is 18.3 Å². The largest absolute Gasteiger partial charge is 0.463 e. The molecule has 0 aliphatic carbocycles. The Labute approximate surface area is 120 Å². The summed E-state index contributed by atoms with van der Waals surface area (Å²) in [7, 11) is 0. The lowest BCUT2D eigenvalue weighted by atomic mass is 10.2. The van der Waals surface area contributed by atoms with Crippen LogP contribution >= 0.6 is 11.3 Å². The molecule has 2 N–H and O–H groups in total. The number of anilines is 1. The first kappa shape index (κ1) is 14.3. The zero-order valence-electron chi connectivity index (χ0n) is 11.2. The lowest BCUT2D eigenvalue weighted by molar-refractivity contribution is -0.152. The van der Waals surface area contributed by atoms with Crippen LogP contribution in [0.4, 0.5) is 5.69 Å². The lowest BCUT2D eigenvalue weighted by Gasteiger charge is -2.10. The van der Waals surface area contributed by atoms with Crippen molar-refractivity contribution in [2.24, 2.45) is 0 Å². The number of esters is 2. The van der Waals surface area contributed by atoms with Crippen LogP contribution in [0.5, 0.6) is 0 Å². The maximum atomic E-state index is 12.0. The monoisotopic (exact) mass is 293 g/mol. The normalized spacial score (nSPS) is 12.1. The van der Waals surface area contributed by atoms with Crippen LogP contribution in [0.3, 0.4) is 0 Å². The molecule has 1 heterocycles. The molecule has 5 nitrogen and oxygen atoms in total. The average molecular weight is 293 g/mol. The fourth-order valence-electron chi connectivity index (χ4n) is 1.69. The van der Waals surface area contributed by atoms with Gasteiger partial charge in [0.15, 0.2) is 6.10 Å². The molecular weight excluding hydrogens is 278 g/mol. The molecule has 2 rings (SSSR count). The molecule has 0 amide bonds. The summed E-state index contributed by atoms with van der Waals surface area (Å²) in [5, 5.41) is 0.880. The number of rotatable bonds is 4. The van der Waals surface area contributed by atoms with Crippen molar-refractivity contribution in [1.29, 1.82) is 0 Å². The smallest absolute Gasteiger partial charge is 0.349 e. The maximum absolute atomic E-state index is 12.0. The molecule has 0 fully saturated rings. The van der Waals surface area contributed by atoms with Crippen molar-refractivity contribution in [2.75, 3.05) is 12.3 Å². The molecule has 20 heavy (non-hydrogen) atoms. The van der Waals surface area contributed by atoms with Gasteiger partial charge >= 0.3 is 11.9 Å². The minimum Gasteiger partial charge on any atom is -0.463 e. The van der Waals surface area contributed by atoms with Gasteiger partial charge in [0.25, 0.3) is 0 Å². The van der Waals surface area contributed by atoms with E-state index in [2.05, 4.69) is 0 Å². The highest BCUT2D eigenvalue weighted by molar-refractivity contribution is 7.20. The van der Waals surface area contributed by atoms with Crippen LogP contribution in [0.25, 0.3) is 10.1 Å². The highest BCUT2D eigenvalue weighted by Crippen LogP contribution is 2.28. The molecule has 1 atom stereocenters. The first-order valence-corrected chi connectivity index (χ1v) is 6.99. The second-order valence-corrected chi connectivity index (χ2v) is 5.29. The summed E-state index contributed by atoms with van der Waals surface area (Å²) in [5.41, 5.74) is 6.32. The SMILES string of the molecule is CCOC(=O)C(C)OC(=O)c1cc2cc(N)ccc2s1. The van der Waals surface area contributed by atoms with Crippen LogP contribution in [0.15, 0.2) is 24.3 Å². The van der Waals surface area contributed by atoms with Crippen molar-refractivity contribution in [3.05, 3.63) is 29.1 Å². The number of carbonyl (C=O) groups excluding carboxylic acids is 2. The molecule has 0 saturated carbocycles. The minimum absolute atomic E-state index is 0.253. The number of carbonyl (C=O) groups is 2. The van der Waals surface area contributed by atoms with E-state index in [9.17, 15) is 9.59 Å². The molecule has 1 aromatic carbocycles. The Morgan fingerprint density at radius 2 is 2.10 bits per heavy atom. The van der Waals surface area contributed by atoms with Gasteiger partial charge < -0.3 is 15.2 Å². The Bertz CT molecular complexity index is 650. The van der Waals surface area contributed by atoms with Gasteiger partial charge in [0.2, 0.25) is 0 Å². The standard InChI is InChI=1S/C14H15NO4S/c1-3-18-13(16)8(2)19-14(17)12-7-9-6-10(15)4-5-11(9)20-12/h4-8H,3,15H2,1-2H3. The van der Waals surface area contributed by atoms with Crippen molar-refractivity contribution >= 4 is 39.0 Å². The van der Waals surface area contributed by atoms with Gasteiger partial charge in [-0.05, 0) is 43.5 Å². The summed E-state index contributed by atoms with van der Waals surface area (Å²) < 4.78 is 10.8. The predicted octanol–water partition coefficient (Wildman–Crippen LogP) is 2.59. The van der Waals surface area contributed by atoms with Crippen molar-refractivity contribution in [2.45, 2.75) is 20.0 Å². The van der Waals surface area contributed by atoms with Gasteiger partial charge in [0.05, 0.1) is 6.61 Å². The van der Waals surface area contributed by atoms with Crippen LogP contribution in [0, 0.1) is 0 Å². The van der Waals surface area contributed by atoms with Gasteiger partial charge in [-0.1, -0.05) is 0 Å². The minimum atomic E-state index is -0.919. The first-order valence-electron chi connectivity index (χ1n) is 6.18. The third-order valence-corrected chi connectivity index (χ3v) is 3.74. The molecule has 1 aromatic heterocycles. The Hall–Kier alpha value is -2.08. The third kappa shape index (κ3) is 3.08. The molecule has 0 radical (unpaired) electrons. The number of ether oxygens (including phenoxy) is 2. The molecule has 1 unspecified atom stereocenters. The van der Waals surface area contributed by atoms with Gasteiger partial charge in [-0.25, -0.2) is 9.59 Å². The number of nitrogens with two attached hydrogens (primary N) is 1. The summed E-state index contributed by atoms with van der Waals surface area (Å²) in [4.78, 5) is 23.8. The van der Waals surface area contributed by atoms with Gasteiger partial charge in [0, 0.05) is 10.4 Å². The van der Waals surface area contributed by atoms with Crippen molar-refractivity contribution in [3.8, 4) is 0 Å². The Kier molecular flexibility index (Phi) is 4.24. The highest BCUT2D eigenvalue weighted by atomic mass is 32.1. The number of hydrogen-bond donors (Lipinski definition) is 1. The van der Waals surface area contributed by atoms with Crippen molar-refractivity contribution in [3.63, 3.8) is 0 Å². The van der Waals surface area contributed by atoms with E-state index in [4.69, 9.17) is 15.2 Å². The first-order chi connectivity index (χ1) is 9.51. The average Bonchev–Trinajstić information content (AvgIpc) is 2.81. The zero-order chi connectivity index (χ0) is 14.7. The van der Waals surface area contributed by atoms with Gasteiger partial charge in [0.1, 0.15) is 4.88 Å². The van der Waals surface area contributed by atoms with Gasteiger partial charge in [-0.15, -0.1) is 11.3 Å². The quantitative estimate of drug-likeness (QED) is 0.692. The Morgan fingerprint density at radius 1 is 1.35 bits per heavy atom. The van der Waals surface area contributed by atoms with E-state index in [0.29, 0.717) is 10.6 Å². The second kappa shape index (κ2) is 5.92. The van der Waals surface area contributed by atoms with E-state index in [-0.39, 0.29) is 6.61 Å². The summed E-state index contributed by atoms with van der Waals surface area (Å²) >= 11 is 1.30. The van der Waals surface area contributed by atoms with Crippen LogP contribution in [0.2, 0.25) is 0 Å². The molecule has 2 aromatic rings. The lowest BCUT2D eigenvalue weighted by Crippen LogP contribution is -2.25. The summed E-state index contributed by atoms with van der Waals surface area (Å²) in [6, 6.07) is 7.12. The van der Waals surface area contributed by atoms with E-state index < -0.39 is 18.0 Å². The summed E-state index contributed by atoms with van der Waals surface area (Å²) in [6.07, 6.45) is -0.919. The third-order valence-electron chi connectivity index (χ3n) is 2.64. The van der Waals surface area contributed by atoms with Crippen molar-refractivity contribution < 1.29 is 19.1 Å². The second-order valence-electron chi connectivity index (χ2n) is 4.21. The molecule has 0 spiro atoms. The maximum Gasteiger partial charge on any atom is 0.349 e. The van der Waals surface area contributed by atoms with Crippen LogP contribution in [-0.4, -0.2) is 24.6 Å². The summed E-state index contributed by atoms with van der Waals surface area (Å²) in [6.45, 7) is 3.44.